The average Bonchev–Trinajstić information content (AvgIpc) is 3.28. The highest BCUT2D eigenvalue weighted by atomic mass is 79.9. The SMILES string of the molecule is CC(=O)N[C@H]1CCc2cc(-n3c(-c4ccc(C)nc4N)nc4ccc(Br)nc43)ccc21. The van der Waals surface area contributed by atoms with Crippen LogP contribution in [0.15, 0.2) is 47.1 Å². The van der Waals surface area contributed by atoms with Gasteiger partial charge in [0.05, 0.1) is 11.6 Å². The Kier molecular flexibility index (Phi) is 4.74. The van der Waals surface area contributed by atoms with Crippen molar-refractivity contribution in [2.24, 2.45) is 0 Å². The summed E-state index contributed by atoms with van der Waals surface area (Å²) >= 11 is 3.48. The highest BCUT2D eigenvalue weighted by Gasteiger charge is 2.25. The average molecular weight is 477 g/mol. The van der Waals surface area contributed by atoms with Crippen LogP contribution in [0.5, 0.6) is 0 Å². The predicted octanol–water partition coefficient (Wildman–Crippen LogP) is 4.26. The van der Waals surface area contributed by atoms with Gasteiger partial charge in [0.1, 0.15) is 15.9 Å². The smallest absolute Gasteiger partial charge is 0.217 e. The van der Waals surface area contributed by atoms with Crippen LogP contribution in [0, 0.1) is 6.92 Å². The molecule has 31 heavy (non-hydrogen) atoms. The van der Waals surface area contributed by atoms with Crippen molar-refractivity contribution >= 4 is 38.8 Å². The van der Waals surface area contributed by atoms with Crippen LogP contribution in [0.4, 0.5) is 5.82 Å². The molecule has 8 heteroatoms. The Bertz CT molecular complexity index is 1350. The Hall–Kier alpha value is -3.26. The fourth-order valence-electron chi connectivity index (χ4n) is 4.26. The van der Waals surface area contributed by atoms with Gasteiger partial charge in [-0.05, 0) is 83.2 Å². The van der Waals surface area contributed by atoms with Crippen molar-refractivity contribution < 1.29 is 4.79 Å². The van der Waals surface area contributed by atoms with E-state index in [2.05, 4.69) is 38.4 Å². The van der Waals surface area contributed by atoms with E-state index in [4.69, 9.17) is 15.7 Å². The van der Waals surface area contributed by atoms with Gasteiger partial charge in [0.2, 0.25) is 5.91 Å². The minimum Gasteiger partial charge on any atom is -0.383 e. The summed E-state index contributed by atoms with van der Waals surface area (Å²) in [5, 5.41) is 3.04. The second-order valence-electron chi connectivity index (χ2n) is 7.81. The first-order valence-corrected chi connectivity index (χ1v) is 10.9. The van der Waals surface area contributed by atoms with Gasteiger partial charge in [-0.2, -0.15) is 0 Å². The van der Waals surface area contributed by atoms with E-state index in [1.807, 2.05) is 41.8 Å². The van der Waals surface area contributed by atoms with Crippen molar-refractivity contribution in [1.29, 1.82) is 0 Å². The third-order valence-corrected chi connectivity index (χ3v) is 6.06. The molecule has 156 valence electrons. The van der Waals surface area contributed by atoms with E-state index in [1.165, 1.54) is 5.56 Å². The summed E-state index contributed by atoms with van der Waals surface area (Å²) < 4.78 is 2.75. The molecule has 5 rings (SSSR count). The number of fused-ring (bicyclic) bond motifs is 2. The van der Waals surface area contributed by atoms with Gasteiger partial charge in [-0.3, -0.25) is 9.36 Å². The summed E-state index contributed by atoms with van der Waals surface area (Å²) in [4.78, 5) is 25.5. The molecule has 1 aliphatic rings. The number of carbonyl (C=O) groups is 1. The molecule has 1 amide bonds. The second-order valence-corrected chi connectivity index (χ2v) is 8.62. The number of rotatable bonds is 3. The van der Waals surface area contributed by atoms with Gasteiger partial charge in [-0.15, -0.1) is 0 Å². The predicted molar refractivity (Wildman–Crippen MR) is 124 cm³/mol. The van der Waals surface area contributed by atoms with Crippen LogP contribution in [0.3, 0.4) is 0 Å². The van der Waals surface area contributed by atoms with E-state index in [1.54, 1.807) is 6.92 Å². The topological polar surface area (TPSA) is 98.7 Å². The second kappa shape index (κ2) is 7.46. The molecule has 1 aliphatic carbocycles. The van der Waals surface area contributed by atoms with Gasteiger partial charge in [0.25, 0.3) is 0 Å². The molecular weight excluding hydrogens is 456 g/mol. The lowest BCUT2D eigenvalue weighted by molar-refractivity contribution is -0.119. The van der Waals surface area contributed by atoms with Crippen LogP contribution in [0.1, 0.15) is 36.2 Å². The molecule has 3 N–H and O–H groups in total. The number of nitrogen functional groups attached to an aromatic ring is 1. The maximum atomic E-state index is 11.5. The number of nitrogens with one attached hydrogen (secondary N) is 1. The number of imidazole rings is 1. The summed E-state index contributed by atoms with van der Waals surface area (Å²) in [5.41, 5.74) is 12.7. The number of benzene rings is 1. The number of amides is 1. The third-order valence-electron chi connectivity index (χ3n) is 5.62. The maximum Gasteiger partial charge on any atom is 0.217 e. The molecule has 3 aromatic heterocycles. The molecule has 1 atom stereocenters. The Morgan fingerprint density at radius 2 is 2.00 bits per heavy atom. The first kappa shape index (κ1) is 19.7. The molecule has 4 aromatic rings. The summed E-state index contributed by atoms with van der Waals surface area (Å²) in [6, 6.07) is 14.0. The molecule has 3 heterocycles. The van der Waals surface area contributed by atoms with E-state index in [9.17, 15) is 4.79 Å². The van der Waals surface area contributed by atoms with Crippen molar-refractivity contribution in [2.75, 3.05) is 5.73 Å². The van der Waals surface area contributed by atoms with E-state index in [0.717, 1.165) is 51.1 Å². The molecule has 0 unspecified atom stereocenters. The van der Waals surface area contributed by atoms with Crippen molar-refractivity contribution in [3.63, 3.8) is 0 Å². The largest absolute Gasteiger partial charge is 0.383 e. The van der Waals surface area contributed by atoms with Crippen LogP contribution in [0.2, 0.25) is 0 Å². The van der Waals surface area contributed by atoms with E-state index in [-0.39, 0.29) is 11.9 Å². The first-order chi connectivity index (χ1) is 14.9. The van der Waals surface area contributed by atoms with Crippen molar-refractivity contribution in [2.45, 2.75) is 32.7 Å². The minimum atomic E-state index is -0.0128. The Labute approximate surface area is 187 Å². The lowest BCUT2D eigenvalue weighted by Gasteiger charge is -2.15. The molecular formula is C23H21BrN6O. The lowest BCUT2D eigenvalue weighted by atomic mass is 10.1. The van der Waals surface area contributed by atoms with Gasteiger partial charge in [0.15, 0.2) is 11.5 Å². The zero-order valence-corrected chi connectivity index (χ0v) is 18.8. The molecule has 7 nitrogen and oxygen atoms in total. The summed E-state index contributed by atoms with van der Waals surface area (Å²) in [6.07, 6.45) is 1.80. The molecule has 0 fully saturated rings. The van der Waals surface area contributed by atoms with Gasteiger partial charge >= 0.3 is 0 Å². The fourth-order valence-corrected chi connectivity index (χ4v) is 4.56. The van der Waals surface area contributed by atoms with Crippen molar-refractivity contribution in [3.8, 4) is 17.1 Å². The zero-order chi connectivity index (χ0) is 21.7. The van der Waals surface area contributed by atoms with Crippen LogP contribution < -0.4 is 11.1 Å². The molecule has 0 bridgehead atoms. The number of aromatic nitrogens is 4. The molecule has 0 aliphatic heterocycles. The van der Waals surface area contributed by atoms with Crippen molar-refractivity contribution in [3.05, 3.63) is 63.9 Å². The number of hydrogen-bond donors (Lipinski definition) is 2. The Morgan fingerprint density at radius 3 is 2.77 bits per heavy atom. The normalized spacial score (nSPS) is 15.3. The van der Waals surface area contributed by atoms with Gasteiger partial charge in [-0.1, -0.05) is 6.07 Å². The summed E-state index contributed by atoms with van der Waals surface area (Å²) in [5.74, 6) is 1.12. The highest BCUT2D eigenvalue weighted by molar-refractivity contribution is 9.10. The first-order valence-electron chi connectivity index (χ1n) is 10.1. The number of aryl methyl sites for hydroxylation is 2. The van der Waals surface area contributed by atoms with E-state index in [0.29, 0.717) is 11.6 Å². The monoisotopic (exact) mass is 476 g/mol. The molecule has 0 saturated heterocycles. The summed E-state index contributed by atoms with van der Waals surface area (Å²) in [6.45, 7) is 3.47. The Balaban J connectivity index is 1.71. The zero-order valence-electron chi connectivity index (χ0n) is 17.2. The minimum absolute atomic E-state index is 0.0128. The molecule has 0 saturated carbocycles. The van der Waals surface area contributed by atoms with Crippen molar-refractivity contribution in [1.82, 2.24) is 24.8 Å². The van der Waals surface area contributed by atoms with E-state index >= 15 is 0 Å². The number of halogens is 1. The number of carbonyl (C=O) groups excluding carboxylic acids is 1. The van der Waals surface area contributed by atoms with Crippen LogP contribution in [-0.2, 0) is 11.2 Å². The lowest BCUT2D eigenvalue weighted by Crippen LogP contribution is -2.24. The molecule has 1 aromatic carbocycles. The molecule has 0 radical (unpaired) electrons. The van der Waals surface area contributed by atoms with Crippen LogP contribution in [0.25, 0.3) is 28.2 Å². The van der Waals surface area contributed by atoms with Gasteiger partial charge in [0, 0.05) is 18.3 Å². The van der Waals surface area contributed by atoms with Crippen LogP contribution in [-0.4, -0.2) is 25.4 Å². The van der Waals surface area contributed by atoms with E-state index < -0.39 is 0 Å². The fraction of sp³-hybridized carbons (Fsp3) is 0.217. The third kappa shape index (κ3) is 3.46. The Morgan fingerprint density at radius 1 is 1.16 bits per heavy atom. The summed E-state index contributed by atoms with van der Waals surface area (Å²) in [7, 11) is 0. The quantitative estimate of drug-likeness (QED) is 0.430. The standard InChI is InChI=1S/C23H21BrN6O/c1-12-3-6-17(21(25)26-12)22-28-19-9-10-20(24)29-23(19)30(22)15-5-7-16-14(11-15)4-8-18(16)27-13(2)31/h3,5-7,9-11,18H,4,8H2,1-2H3,(H2,25,26)(H,27,31)/t18-/m0/s1. The number of anilines is 1. The number of hydrogen-bond acceptors (Lipinski definition) is 5. The van der Waals surface area contributed by atoms with Crippen LogP contribution >= 0.6 is 15.9 Å². The number of nitrogens with two attached hydrogens (primary N) is 1. The highest BCUT2D eigenvalue weighted by Crippen LogP contribution is 2.36. The van der Waals surface area contributed by atoms with Gasteiger partial charge < -0.3 is 11.1 Å². The number of pyridine rings is 2. The maximum absolute atomic E-state index is 11.5. The van der Waals surface area contributed by atoms with Gasteiger partial charge in [-0.25, -0.2) is 15.0 Å². The molecule has 0 spiro atoms. The number of nitrogens with zero attached hydrogens (tertiary/aromatic N) is 4.